The predicted molar refractivity (Wildman–Crippen MR) is 115 cm³/mol. The fourth-order valence-electron chi connectivity index (χ4n) is 3.99. The summed E-state index contributed by atoms with van der Waals surface area (Å²) in [5.74, 6) is 0.00620. The Morgan fingerprint density at radius 1 is 1.23 bits per heavy atom. The summed E-state index contributed by atoms with van der Waals surface area (Å²) in [5.41, 5.74) is 4.37. The Bertz CT molecular complexity index is 924. The second-order valence-electron chi connectivity index (χ2n) is 10.2. The number of benzene rings is 1. The zero-order valence-electron chi connectivity index (χ0n) is 18.9. The number of amides is 2. The highest BCUT2D eigenvalue weighted by Crippen LogP contribution is 2.38. The van der Waals surface area contributed by atoms with Crippen LogP contribution in [0.1, 0.15) is 65.0 Å². The van der Waals surface area contributed by atoms with E-state index in [1.807, 2.05) is 52.8 Å². The Hall–Kier alpha value is -2.61. The van der Waals surface area contributed by atoms with Gasteiger partial charge < -0.3 is 19.1 Å². The molecule has 8 nitrogen and oxygen atoms in total. The number of hydrazone groups is 1. The van der Waals surface area contributed by atoms with Crippen molar-refractivity contribution in [3.05, 3.63) is 29.3 Å². The summed E-state index contributed by atoms with van der Waals surface area (Å²) in [4.78, 5) is 26.0. The van der Waals surface area contributed by atoms with Gasteiger partial charge >= 0.3 is 6.09 Å². The van der Waals surface area contributed by atoms with Gasteiger partial charge in [-0.25, -0.2) is 10.2 Å². The number of carbonyl (C=O) groups is 2. The minimum absolute atomic E-state index is 0.0689. The van der Waals surface area contributed by atoms with E-state index in [0.717, 1.165) is 22.6 Å². The Morgan fingerprint density at radius 3 is 2.58 bits per heavy atom. The van der Waals surface area contributed by atoms with E-state index < -0.39 is 16.8 Å². The molecule has 0 atom stereocenters. The van der Waals surface area contributed by atoms with Gasteiger partial charge in [-0.15, -0.1) is 0 Å². The number of fused-ring (bicyclic) bond motifs is 1. The van der Waals surface area contributed by atoms with Gasteiger partial charge in [-0.2, -0.15) is 5.10 Å². The van der Waals surface area contributed by atoms with E-state index >= 15 is 0 Å². The number of nitrogens with one attached hydrogen (secondary N) is 1. The molecule has 1 aromatic carbocycles. The van der Waals surface area contributed by atoms with Crippen LogP contribution >= 0.6 is 0 Å². The first-order valence-corrected chi connectivity index (χ1v) is 10.8. The second kappa shape index (κ2) is 7.51. The van der Waals surface area contributed by atoms with Crippen LogP contribution in [0.5, 0.6) is 5.75 Å². The highest BCUT2D eigenvalue weighted by atomic mass is 16.7. The molecule has 3 aliphatic rings. The van der Waals surface area contributed by atoms with Crippen molar-refractivity contribution < 1.29 is 23.8 Å². The molecule has 0 aromatic heterocycles. The molecule has 4 rings (SSSR count). The van der Waals surface area contributed by atoms with E-state index in [9.17, 15) is 9.59 Å². The largest absolute Gasteiger partial charge is 0.462 e. The van der Waals surface area contributed by atoms with Crippen molar-refractivity contribution in [2.24, 2.45) is 10.5 Å². The van der Waals surface area contributed by atoms with E-state index in [1.165, 1.54) is 0 Å². The van der Waals surface area contributed by atoms with Gasteiger partial charge in [-0.05, 0) is 44.5 Å². The predicted octanol–water partition coefficient (Wildman–Crippen LogP) is 3.57. The number of hydrogen-bond donors (Lipinski definition) is 1. The summed E-state index contributed by atoms with van der Waals surface area (Å²) < 4.78 is 17.9. The monoisotopic (exact) mass is 429 g/mol. The Kier molecular flexibility index (Phi) is 5.24. The third-order valence-corrected chi connectivity index (χ3v) is 5.87. The van der Waals surface area contributed by atoms with Crippen LogP contribution in [0.2, 0.25) is 0 Å². The quantitative estimate of drug-likeness (QED) is 0.737. The standard InChI is InChI=1S/C23H31N3O5/c1-21(2,3)31-20(28)26-10-8-23(9-11-26)29-14-16-12-15(6-7-18(16)30-23)17-13-22(4,5)19(27)25-24-17/h6-7,12H,8-11,13-14H2,1-5H3,(H,25,27). The van der Waals surface area contributed by atoms with E-state index in [1.54, 1.807) is 4.90 Å². The molecular formula is C23H31N3O5. The molecule has 0 radical (unpaired) electrons. The normalized spacial score (nSPS) is 22.2. The van der Waals surface area contributed by atoms with Crippen molar-refractivity contribution >= 4 is 17.7 Å². The molecular weight excluding hydrogens is 398 g/mol. The van der Waals surface area contributed by atoms with Gasteiger partial charge in [0.05, 0.1) is 17.7 Å². The number of carbonyl (C=O) groups excluding carboxylic acids is 2. The van der Waals surface area contributed by atoms with Crippen molar-refractivity contribution in [2.45, 2.75) is 71.9 Å². The molecule has 8 heteroatoms. The van der Waals surface area contributed by atoms with Crippen molar-refractivity contribution in [1.82, 2.24) is 10.3 Å². The van der Waals surface area contributed by atoms with Gasteiger partial charge in [0.25, 0.3) is 0 Å². The second-order valence-corrected chi connectivity index (χ2v) is 10.2. The number of rotatable bonds is 1. The minimum atomic E-state index is -0.717. The Morgan fingerprint density at radius 2 is 1.94 bits per heavy atom. The average Bonchev–Trinajstić information content (AvgIpc) is 2.69. The van der Waals surface area contributed by atoms with Crippen molar-refractivity contribution in [1.29, 1.82) is 0 Å². The molecule has 31 heavy (non-hydrogen) atoms. The molecule has 1 fully saturated rings. The number of hydrogen-bond acceptors (Lipinski definition) is 6. The van der Waals surface area contributed by atoms with Crippen LogP contribution in [0.3, 0.4) is 0 Å². The van der Waals surface area contributed by atoms with Crippen molar-refractivity contribution in [2.75, 3.05) is 13.1 Å². The molecule has 0 unspecified atom stereocenters. The molecule has 168 valence electrons. The lowest BCUT2D eigenvalue weighted by Crippen LogP contribution is -2.53. The molecule has 1 spiro atoms. The summed E-state index contributed by atoms with van der Waals surface area (Å²) in [6.07, 6.45) is 1.44. The summed E-state index contributed by atoms with van der Waals surface area (Å²) >= 11 is 0. The molecule has 1 saturated heterocycles. The third kappa shape index (κ3) is 4.54. The van der Waals surface area contributed by atoms with E-state index in [-0.39, 0.29) is 12.0 Å². The summed E-state index contributed by atoms with van der Waals surface area (Å²) in [6.45, 7) is 10.9. The van der Waals surface area contributed by atoms with E-state index in [0.29, 0.717) is 39.0 Å². The summed E-state index contributed by atoms with van der Waals surface area (Å²) in [6, 6.07) is 5.94. The first kappa shape index (κ1) is 21.6. The maximum Gasteiger partial charge on any atom is 0.410 e. The van der Waals surface area contributed by atoms with Crippen molar-refractivity contribution in [3.63, 3.8) is 0 Å². The lowest BCUT2D eigenvalue weighted by Gasteiger charge is -2.44. The average molecular weight is 430 g/mol. The number of ether oxygens (including phenoxy) is 3. The van der Waals surface area contributed by atoms with Crippen molar-refractivity contribution in [3.8, 4) is 5.75 Å². The van der Waals surface area contributed by atoms with Gasteiger partial charge in [0.2, 0.25) is 11.7 Å². The van der Waals surface area contributed by atoms with Crippen LogP contribution < -0.4 is 10.2 Å². The SMILES string of the molecule is CC(C)(C)OC(=O)N1CCC2(CC1)OCc1cc(C3=NNC(=O)C(C)(C)C3)ccc1O2. The molecule has 1 N–H and O–H groups in total. The Labute approximate surface area is 182 Å². The van der Waals surface area contributed by atoms with Crippen LogP contribution in [-0.4, -0.2) is 47.1 Å². The molecule has 3 aliphatic heterocycles. The van der Waals surface area contributed by atoms with Crippen LogP contribution in [-0.2, 0) is 20.9 Å². The fourth-order valence-corrected chi connectivity index (χ4v) is 3.99. The van der Waals surface area contributed by atoms with Crippen LogP contribution in [0.4, 0.5) is 4.79 Å². The third-order valence-electron chi connectivity index (χ3n) is 5.87. The van der Waals surface area contributed by atoms with Gasteiger partial charge in [-0.1, -0.05) is 13.8 Å². The Balaban J connectivity index is 1.42. The first-order valence-electron chi connectivity index (χ1n) is 10.8. The van der Waals surface area contributed by atoms with Crippen LogP contribution in [0, 0.1) is 5.41 Å². The van der Waals surface area contributed by atoms with E-state index in [2.05, 4.69) is 10.5 Å². The fraction of sp³-hybridized carbons (Fsp3) is 0.609. The molecule has 0 bridgehead atoms. The highest BCUT2D eigenvalue weighted by molar-refractivity contribution is 6.06. The molecule has 2 amide bonds. The molecule has 1 aromatic rings. The first-order chi connectivity index (χ1) is 14.5. The summed E-state index contributed by atoms with van der Waals surface area (Å²) in [7, 11) is 0. The lowest BCUT2D eigenvalue weighted by molar-refractivity contribution is -0.226. The zero-order chi connectivity index (χ0) is 22.4. The molecule has 0 aliphatic carbocycles. The maximum absolute atomic E-state index is 12.3. The van der Waals surface area contributed by atoms with Crippen LogP contribution in [0.25, 0.3) is 0 Å². The van der Waals surface area contributed by atoms with Gasteiger partial charge in [0.15, 0.2) is 0 Å². The lowest BCUT2D eigenvalue weighted by atomic mass is 9.83. The number of nitrogens with zero attached hydrogens (tertiary/aromatic N) is 2. The minimum Gasteiger partial charge on any atom is -0.462 e. The topological polar surface area (TPSA) is 89.5 Å². The maximum atomic E-state index is 12.3. The molecule has 3 heterocycles. The molecule has 0 saturated carbocycles. The van der Waals surface area contributed by atoms with E-state index in [4.69, 9.17) is 14.2 Å². The smallest absolute Gasteiger partial charge is 0.410 e. The highest BCUT2D eigenvalue weighted by Gasteiger charge is 2.43. The van der Waals surface area contributed by atoms with Gasteiger partial charge in [-0.3, -0.25) is 4.79 Å². The zero-order valence-corrected chi connectivity index (χ0v) is 18.9. The number of piperidine rings is 1. The van der Waals surface area contributed by atoms with Crippen LogP contribution in [0.15, 0.2) is 23.3 Å². The van der Waals surface area contributed by atoms with Gasteiger partial charge in [0.1, 0.15) is 11.4 Å². The van der Waals surface area contributed by atoms with Gasteiger partial charge in [0, 0.05) is 37.9 Å². The number of likely N-dealkylation sites (tertiary alicyclic amines) is 1. The summed E-state index contributed by atoms with van der Waals surface area (Å²) in [5, 5.41) is 4.24.